The highest BCUT2D eigenvalue weighted by molar-refractivity contribution is 6.03. The predicted octanol–water partition coefficient (Wildman–Crippen LogP) is 4.16. The van der Waals surface area contributed by atoms with Gasteiger partial charge in [-0.1, -0.05) is 6.92 Å². The number of nitrogens with one attached hydrogen (secondary N) is 1. The minimum absolute atomic E-state index is 0.0579. The van der Waals surface area contributed by atoms with E-state index in [1.54, 1.807) is 10.7 Å². The molecule has 0 saturated heterocycles. The summed E-state index contributed by atoms with van der Waals surface area (Å²) in [6.45, 7) is 2.65. The third kappa shape index (κ3) is 4.06. The number of ether oxygens (including phenoxy) is 1. The van der Waals surface area contributed by atoms with E-state index in [4.69, 9.17) is 0 Å². The fourth-order valence-electron chi connectivity index (χ4n) is 2.20. The van der Waals surface area contributed by atoms with Crippen LogP contribution in [0.2, 0.25) is 0 Å². The maximum absolute atomic E-state index is 13.2. The van der Waals surface area contributed by atoms with Crippen LogP contribution in [0.3, 0.4) is 0 Å². The van der Waals surface area contributed by atoms with Crippen LogP contribution < -0.4 is 10.1 Å². The Bertz CT molecular complexity index is 731. The Balaban J connectivity index is 2.24. The molecular weight excluding hydrogens is 323 g/mol. The zero-order valence-electron chi connectivity index (χ0n) is 13.5. The molecule has 0 spiro atoms. The molecule has 1 amide bonds. The maximum Gasteiger partial charge on any atom is 0.387 e. The first-order valence-corrected chi connectivity index (χ1v) is 7.43. The number of aryl methyl sites for hydroxylation is 1. The quantitative estimate of drug-likeness (QED) is 0.858. The fraction of sp³-hybridized carbons (Fsp3) is 0.375. The molecule has 1 aromatic carbocycles. The molecule has 0 aliphatic heterocycles. The summed E-state index contributed by atoms with van der Waals surface area (Å²) in [5.74, 6) is -1.79. The summed E-state index contributed by atoms with van der Waals surface area (Å²) < 4.78 is 43.9. The normalized spacial score (nSPS) is 12.3. The zero-order chi connectivity index (χ0) is 17.9. The lowest BCUT2D eigenvalue weighted by molar-refractivity contribution is -0.0495. The predicted molar refractivity (Wildman–Crippen MR) is 83.0 cm³/mol. The van der Waals surface area contributed by atoms with Gasteiger partial charge in [-0.25, -0.2) is 4.39 Å². The molecule has 0 radical (unpaired) electrons. The number of carbonyl (C=O) groups excluding carboxylic acids is 1. The molecule has 2 rings (SSSR count). The van der Waals surface area contributed by atoms with Crippen LogP contribution in [0.15, 0.2) is 24.3 Å². The van der Waals surface area contributed by atoms with E-state index in [2.05, 4.69) is 15.2 Å². The molecule has 1 unspecified atom stereocenters. The Morgan fingerprint density at radius 3 is 2.71 bits per heavy atom. The van der Waals surface area contributed by atoms with Crippen LogP contribution in [0.25, 0.3) is 0 Å². The summed E-state index contributed by atoms with van der Waals surface area (Å²) >= 11 is 0. The zero-order valence-corrected chi connectivity index (χ0v) is 13.5. The van der Waals surface area contributed by atoms with Gasteiger partial charge in [-0.3, -0.25) is 9.48 Å². The second-order valence-corrected chi connectivity index (χ2v) is 5.35. The number of hydrogen-bond donors (Lipinski definition) is 1. The summed E-state index contributed by atoms with van der Waals surface area (Å²) in [6, 6.07) is 4.69. The molecule has 1 aromatic heterocycles. The molecule has 130 valence electrons. The van der Waals surface area contributed by atoms with Crippen LogP contribution in [-0.2, 0) is 0 Å². The average Bonchev–Trinajstić information content (AvgIpc) is 2.90. The molecule has 8 heteroatoms. The van der Waals surface area contributed by atoms with Crippen LogP contribution in [0.1, 0.15) is 42.5 Å². The van der Waals surface area contributed by atoms with Crippen molar-refractivity contribution in [3.8, 4) is 5.75 Å². The summed E-state index contributed by atoms with van der Waals surface area (Å²) in [5.41, 5.74) is 0.884. The third-order valence-corrected chi connectivity index (χ3v) is 3.57. The van der Waals surface area contributed by atoms with E-state index in [1.165, 1.54) is 0 Å². The number of alkyl halides is 2. The van der Waals surface area contributed by atoms with Crippen molar-refractivity contribution in [2.45, 2.75) is 39.8 Å². The van der Waals surface area contributed by atoms with Crippen LogP contribution in [0, 0.1) is 12.7 Å². The Hall–Kier alpha value is -2.51. The summed E-state index contributed by atoms with van der Waals surface area (Å²) in [6.07, 6.45) is 0.841. The van der Waals surface area contributed by atoms with Gasteiger partial charge in [0.25, 0.3) is 5.91 Å². The van der Waals surface area contributed by atoms with Gasteiger partial charge in [-0.2, -0.15) is 13.9 Å². The van der Waals surface area contributed by atoms with Crippen molar-refractivity contribution in [2.75, 3.05) is 5.32 Å². The second-order valence-electron chi connectivity index (χ2n) is 5.35. The number of halogens is 3. The van der Waals surface area contributed by atoms with Crippen LogP contribution >= 0.6 is 0 Å². The van der Waals surface area contributed by atoms with Crippen molar-refractivity contribution >= 4 is 11.6 Å². The van der Waals surface area contributed by atoms with E-state index >= 15 is 0 Å². The van der Waals surface area contributed by atoms with E-state index < -0.39 is 24.1 Å². The number of carbonyl (C=O) groups is 1. The maximum atomic E-state index is 13.2. The molecular formula is C16H18F3N3O2. The minimum atomic E-state index is -3.13. The lowest BCUT2D eigenvalue weighted by Crippen LogP contribution is -2.16. The van der Waals surface area contributed by atoms with Gasteiger partial charge >= 0.3 is 6.61 Å². The van der Waals surface area contributed by atoms with Crippen molar-refractivity contribution in [1.82, 2.24) is 9.78 Å². The fourth-order valence-corrected chi connectivity index (χ4v) is 2.20. The monoisotopic (exact) mass is 341 g/mol. The van der Waals surface area contributed by atoms with Gasteiger partial charge in [0.1, 0.15) is 5.82 Å². The molecule has 5 nitrogen and oxygen atoms in total. The van der Waals surface area contributed by atoms with E-state index in [0.717, 1.165) is 30.3 Å². The minimum Gasteiger partial charge on any atom is -0.432 e. The number of anilines is 1. The van der Waals surface area contributed by atoms with Crippen LogP contribution in [-0.4, -0.2) is 22.3 Å². The first-order chi connectivity index (χ1) is 11.3. The average molecular weight is 341 g/mol. The van der Waals surface area contributed by atoms with Crippen LogP contribution in [0.5, 0.6) is 5.75 Å². The van der Waals surface area contributed by atoms with E-state index in [9.17, 15) is 18.0 Å². The van der Waals surface area contributed by atoms with Gasteiger partial charge in [0.15, 0.2) is 11.4 Å². The highest BCUT2D eigenvalue weighted by Crippen LogP contribution is 2.27. The van der Waals surface area contributed by atoms with Gasteiger partial charge < -0.3 is 10.1 Å². The second kappa shape index (κ2) is 7.37. The Morgan fingerprint density at radius 1 is 1.38 bits per heavy atom. The number of hydrogen-bond acceptors (Lipinski definition) is 3. The number of amides is 1. The lowest BCUT2D eigenvalue weighted by atomic mass is 10.2. The number of nitrogens with zero attached hydrogens (tertiary/aromatic N) is 2. The Labute approximate surface area is 137 Å². The van der Waals surface area contributed by atoms with E-state index in [-0.39, 0.29) is 17.4 Å². The highest BCUT2D eigenvalue weighted by Gasteiger charge is 2.18. The van der Waals surface area contributed by atoms with Crippen molar-refractivity contribution in [2.24, 2.45) is 0 Å². The topological polar surface area (TPSA) is 56.2 Å². The van der Waals surface area contributed by atoms with Crippen molar-refractivity contribution in [3.63, 3.8) is 0 Å². The Kier molecular flexibility index (Phi) is 5.48. The number of rotatable bonds is 6. The molecule has 1 atom stereocenters. The summed E-state index contributed by atoms with van der Waals surface area (Å²) in [7, 11) is 0. The molecule has 0 aliphatic carbocycles. The molecule has 24 heavy (non-hydrogen) atoms. The van der Waals surface area contributed by atoms with Crippen molar-refractivity contribution in [1.29, 1.82) is 0 Å². The smallest absolute Gasteiger partial charge is 0.387 e. The standard InChI is InChI=1S/C16H18F3N3O2/c1-4-9(2)22-10(3)7-13(21-22)15(23)20-12-6-5-11(17)8-14(12)24-16(18)19/h5-9,16H,4H2,1-3H3,(H,20,23). The summed E-state index contributed by atoms with van der Waals surface area (Å²) in [4.78, 5) is 12.3. The van der Waals surface area contributed by atoms with Gasteiger partial charge in [-0.15, -0.1) is 0 Å². The van der Waals surface area contributed by atoms with E-state index in [0.29, 0.717) is 0 Å². The van der Waals surface area contributed by atoms with Crippen molar-refractivity contribution < 1.29 is 22.7 Å². The molecule has 1 N–H and O–H groups in total. The van der Waals surface area contributed by atoms with Gasteiger partial charge in [-0.05, 0) is 38.5 Å². The molecule has 0 aliphatic rings. The number of benzene rings is 1. The van der Waals surface area contributed by atoms with Gasteiger partial charge in [0.05, 0.1) is 5.69 Å². The van der Waals surface area contributed by atoms with Crippen LogP contribution in [0.4, 0.5) is 18.9 Å². The largest absolute Gasteiger partial charge is 0.432 e. The van der Waals surface area contributed by atoms with Crippen molar-refractivity contribution in [3.05, 3.63) is 41.5 Å². The lowest BCUT2D eigenvalue weighted by Gasteiger charge is -2.12. The summed E-state index contributed by atoms with van der Waals surface area (Å²) in [5, 5.41) is 6.64. The molecule has 0 fully saturated rings. The molecule has 0 bridgehead atoms. The number of aromatic nitrogens is 2. The molecule has 0 saturated carbocycles. The molecule has 2 aromatic rings. The molecule has 1 heterocycles. The van der Waals surface area contributed by atoms with E-state index in [1.807, 2.05) is 20.8 Å². The first-order valence-electron chi connectivity index (χ1n) is 7.43. The Morgan fingerprint density at radius 2 is 2.08 bits per heavy atom. The third-order valence-electron chi connectivity index (χ3n) is 3.57. The van der Waals surface area contributed by atoms with Gasteiger partial charge in [0.2, 0.25) is 0 Å². The SMILES string of the molecule is CCC(C)n1nc(C(=O)Nc2ccc(F)cc2OC(F)F)cc1C. The highest BCUT2D eigenvalue weighted by atomic mass is 19.3. The first kappa shape index (κ1) is 17.8. The van der Waals surface area contributed by atoms with Gasteiger partial charge in [0, 0.05) is 17.8 Å².